The van der Waals surface area contributed by atoms with Gasteiger partial charge in [-0.25, -0.2) is 0 Å². The first-order chi connectivity index (χ1) is 12.6. The molecule has 0 radical (unpaired) electrons. The van der Waals surface area contributed by atoms with Crippen LogP contribution >= 0.6 is 0 Å². The Kier molecular flexibility index (Phi) is 5.41. The lowest BCUT2D eigenvalue weighted by Crippen LogP contribution is -2.25. The molecule has 2 aromatic carbocycles. The molecule has 0 aromatic heterocycles. The van der Waals surface area contributed by atoms with E-state index in [4.69, 9.17) is 9.47 Å². The fourth-order valence-electron chi connectivity index (χ4n) is 2.61. The van der Waals surface area contributed by atoms with Crippen molar-refractivity contribution in [3.63, 3.8) is 0 Å². The van der Waals surface area contributed by atoms with E-state index in [-0.39, 0.29) is 18.2 Å². The smallest absolute Gasteiger partial charge is 0.251 e. The number of amides is 2. The van der Waals surface area contributed by atoms with Crippen LogP contribution in [0.2, 0.25) is 0 Å². The second kappa shape index (κ2) is 7.91. The Labute approximate surface area is 152 Å². The third-order valence-corrected chi connectivity index (χ3v) is 4.17. The number of benzene rings is 2. The molecular formula is C20H22N2O4. The minimum absolute atomic E-state index is 0.111. The summed E-state index contributed by atoms with van der Waals surface area (Å²) in [4.78, 5) is 24.5. The minimum Gasteiger partial charge on any atom is -0.497 e. The quantitative estimate of drug-likeness (QED) is 0.802. The van der Waals surface area contributed by atoms with E-state index in [1.54, 1.807) is 56.7 Å². The second-order valence-corrected chi connectivity index (χ2v) is 6.23. The topological polar surface area (TPSA) is 76.7 Å². The number of ether oxygens (including phenoxy) is 2. The third-order valence-electron chi connectivity index (χ3n) is 4.17. The van der Waals surface area contributed by atoms with Gasteiger partial charge in [0.15, 0.2) is 0 Å². The molecule has 0 spiro atoms. The van der Waals surface area contributed by atoms with Crippen molar-refractivity contribution in [3.05, 3.63) is 53.6 Å². The number of hydrogen-bond acceptors (Lipinski definition) is 4. The Morgan fingerprint density at radius 3 is 2.58 bits per heavy atom. The molecule has 0 heterocycles. The molecule has 0 saturated heterocycles. The van der Waals surface area contributed by atoms with Crippen molar-refractivity contribution in [2.45, 2.75) is 25.3 Å². The van der Waals surface area contributed by atoms with E-state index in [9.17, 15) is 9.59 Å². The predicted molar refractivity (Wildman–Crippen MR) is 98.8 cm³/mol. The Bertz CT molecular complexity index is 815. The second-order valence-electron chi connectivity index (χ2n) is 6.23. The lowest BCUT2D eigenvalue weighted by atomic mass is 10.1. The van der Waals surface area contributed by atoms with E-state index in [1.807, 2.05) is 0 Å². The van der Waals surface area contributed by atoms with Gasteiger partial charge in [0.1, 0.15) is 11.5 Å². The molecule has 26 heavy (non-hydrogen) atoms. The van der Waals surface area contributed by atoms with Crippen molar-refractivity contribution in [1.29, 1.82) is 0 Å². The Balaban J connectivity index is 1.65. The number of rotatable bonds is 7. The molecule has 2 amide bonds. The van der Waals surface area contributed by atoms with Crippen LogP contribution in [0.25, 0.3) is 0 Å². The first-order valence-corrected chi connectivity index (χ1v) is 8.50. The van der Waals surface area contributed by atoms with Gasteiger partial charge in [-0.05, 0) is 37.1 Å². The first kappa shape index (κ1) is 17.8. The van der Waals surface area contributed by atoms with Crippen LogP contribution in [0.15, 0.2) is 42.5 Å². The maximum absolute atomic E-state index is 12.4. The molecule has 2 N–H and O–H groups in total. The lowest BCUT2D eigenvalue weighted by Gasteiger charge is -2.11. The van der Waals surface area contributed by atoms with Gasteiger partial charge in [-0.3, -0.25) is 9.59 Å². The summed E-state index contributed by atoms with van der Waals surface area (Å²) in [6.45, 7) is 0. The first-order valence-electron chi connectivity index (χ1n) is 8.50. The summed E-state index contributed by atoms with van der Waals surface area (Å²) in [7, 11) is 3.13. The monoisotopic (exact) mass is 354 g/mol. The van der Waals surface area contributed by atoms with Crippen molar-refractivity contribution in [2.75, 3.05) is 19.5 Å². The molecule has 0 bridgehead atoms. The zero-order chi connectivity index (χ0) is 18.5. The van der Waals surface area contributed by atoms with Crippen molar-refractivity contribution in [2.24, 2.45) is 0 Å². The SMILES string of the molecule is COc1ccc(CC(=O)Nc2cccc(C(=O)NC3CC3)c2)c(OC)c1. The highest BCUT2D eigenvalue weighted by atomic mass is 16.5. The highest BCUT2D eigenvalue weighted by molar-refractivity contribution is 5.97. The Morgan fingerprint density at radius 1 is 1.08 bits per heavy atom. The average molecular weight is 354 g/mol. The van der Waals surface area contributed by atoms with Crippen LogP contribution < -0.4 is 20.1 Å². The van der Waals surface area contributed by atoms with E-state index in [2.05, 4.69) is 10.6 Å². The maximum Gasteiger partial charge on any atom is 0.251 e. The minimum atomic E-state index is -0.187. The largest absolute Gasteiger partial charge is 0.497 e. The van der Waals surface area contributed by atoms with E-state index in [0.29, 0.717) is 28.8 Å². The molecule has 6 nitrogen and oxygen atoms in total. The molecule has 136 valence electrons. The number of hydrogen-bond donors (Lipinski definition) is 2. The van der Waals surface area contributed by atoms with E-state index in [0.717, 1.165) is 18.4 Å². The molecule has 0 atom stereocenters. The number of carbonyl (C=O) groups excluding carboxylic acids is 2. The van der Waals surface area contributed by atoms with Crippen molar-refractivity contribution in [1.82, 2.24) is 5.32 Å². The van der Waals surface area contributed by atoms with Gasteiger partial charge in [0.25, 0.3) is 5.91 Å². The molecular weight excluding hydrogens is 332 g/mol. The third kappa shape index (κ3) is 4.53. The molecule has 1 fully saturated rings. The van der Waals surface area contributed by atoms with E-state index >= 15 is 0 Å². The van der Waals surface area contributed by atoms with Crippen LogP contribution in [0.3, 0.4) is 0 Å². The van der Waals surface area contributed by atoms with Crippen LogP contribution in [-0.2, 0) is 11.2 Å². The van der Waals surface area contributed by atoms with Gasteiger partial charge < -0.3 is 20.1 Å². The van der Waals surface area contributed by atoms with E-state index < -0.39 is 0 Å². The average Bonchev–Trinajstić information content (AvgIpc) is 3.46. The molecule has 6 heteroatoms. The summed E-state index contributed by atoms with van der Waals surface area (Å²) >= 11 is 0. The van der Waals surface area contributed by atoms with Gasteiger partial charge >= 0.3 is 0 Å². The molecule has 1 aliphatic rings. The number of carbonyl (C=O) groups is 2. The number of nitrogens with one attached hydrogen (secondary N) is 2. The normalized spacial score (nSPS) is 13.0. The summed E-state index contributed by atoms with van der Waals surface area (Å²) in [6, 6.07) is 12.6. The summed E-state index contributed by atoms with van der Waals surface area (Å²) in [5.41, 5.74) is 1.89. The standard InChI is InChI=1S/C20H22N2O4/c1-25-17-9-6-13(18(12-17)26-2)11-19(23)21-16-5-3-4-14(10-16)20(24)22-15-7-8-15/h3-6,9-10,12,15H,7-8,11H2,1-2H3,(H,21,23)(H,22,24). The van der Waals surface area contributed by atoms with Gasteiger partial charge in [0, 0.05) is 28.9 Å². The van der Waals surface area contributed by atoms with Crippen LogP contribution in [0, 0.1) is 0 Å². The number of methoxy groups -OCH3 is 2. The van der Waals surface area contributed by atoms with Crippen LogP contribution in [-0.4, -0.2) is 32.1 Å². The summed E-state index contributed by atoms with van der Waals surface area (Å²) in [6.07, 6.45) is 2.23. The van der Waals surface area contributed by atoms with Gasteiger partial charge in [-0.1, -0.05) is 12.1 Å². The molecule has 0 aliphatic heterocycles. The van der Waals surface area contributed by atoms with Gasteiger partial charge in [0.2, 0.25) is 5.91 Å². The Hall–Kier alpha value is -3.02. The molecule has 1 saturated carbocycles. The zero-order valence-electron chi connectivity index (χ0n) is 14.9. The van der Waals surface area contributed by atoms with Crippen LogP contribution in [0.4, 0.5) is 5.69 Å². The highest BCUT2D eigenvalue weighted by Gasteiger charge is 2.23. The molecule has 2 aromatic rings. The van der Waals surface area contributed by atoms with E-state index in [1.165, 1.54) is 0 Å². The van der Waals surface area contributed by atoms with Crippen molar-refractivity contribution < 1.29 is 19.1 Å². The van der Waals surface area contributed by atoms with Gasteiger partial charge in [-0.2, -0.15) is 0 Å². The molecule has 3 rings (SSSR count). The fraction of sp³-hybridized carbons (Fsp3) is 0.300. The predicted octanol–water partition coefficient (Wildman–Crippen LogP) is 2.78. The van der Waals surface area contributed by atoms with Gasteiger partial charge in [0.05, 0.1) is 20.6 Å². The maximum atomic E-state index is 12.4. The molecule has 0 unspecified atom stereocenters. The summed E-state index contributed by atoms with van der Waals surface area (Å²) in [5, 5.41) is 5.77. The lowest BCUT2D eigenvalue weighted by molar-refractivity contribution is -0.115. The zero-order valence-corrected chi connectivity index (χ0v) is 14.9. The van der Waals surface area contributed by atoms with Crippen LogP contribution in [0.1, 0.15) is 28.8 Å². The van der Waals surface area contributed by atoms with Gasteiger partial charge in [-0.15, -0.1) is 0 Å². The van der Waals surface area contributed by atoms with Crippen molar-refractivity contribution in [3.8, 4) is 11.5 Å². The number of anilines is 1. The Morgan fingerprint density at radius 2 is 1.88 bits per heavy atom. The highest BCUT2D eigenvalue weighted by Crippen LogP contribution is 2.25. The van der Waals surface area contributed by atoms with Crippen molar-refractivity contribution >= 4 is 17.5 Å². The molecule has 1 aliphatic carbocycles. The van der Waals surface area contributed by atoms with Crippen LogP contribution in [0.5, 0.6) is 11.5 Å². The summed E-state index contributed by atoms with van der Waals surface area (Å²) < 4.78 is 10.5. The summed E-state index contributed by atoms with van der Waals surface area (Å²) in [5.74, 6) is 0.964. The fourth-order valence-corrected chi connectivity index (χ4v) is 2.61.